The van der Waals surface area contributed by atoms with Gasteiger partial charge >= 0.3 is 39.5 Å². The highest BCUT2D eigenvalue weighted by atomic mass is 31.2. The molecule has 0 amide bonds. The van der Waals surface area contributed by atoms with Crippen LogP contribution < -0.4 is 0 Å². The van der Waals surface area contributed by atoms with Crippen molar-refractivity contribution in [3.63, 3.8) is 0 Å². The minimum absolute atomic E-state index is 0.107. The molecule has 0 saturated carbocycles. The molecule has 0 saturated heterocycles. The van der Waals surface area contributed by atoms with E-state index in [0.29, 0.717) is 25.7 Å². The van der Waals surface area contributed by atoms with Gasteiger partial charge in [-0.1, -0.05) is 394 Å². The summed E-state index contributed by atoms with van der Waals surface area (Å²) in [6.07, 6.45) is 68.1. The Labute approximate surface area is 626 Å². The Morgan fingerprint density at radius 1 is 0.265 bits per heavy atom. The smallest absolute Gasteiger partial charge is 0.462 e. The number of phosphoric acid groups is 2. The van der Waals surface area contributed by atoms with E-state index >= 15 is 0 Å². The zero-order valence-electron chi connectivity index (χ0n) is 66.8. The van der Waals surface area contributed by atoms with Crippen LogP contribution in [0.3, 0.4) is 0 Å². The molecule has 0 aromatic rings. The number of ether oxygens (including phenoxy) is 4. The Morgan fingerprint density at radius 2 is 0.451 bits per heavy atom. The molecule has 0 rings (SSSR count). The van der Waals surface area contributed by atoms with Crippen molar-refractivity contribution in [2.45, 2.75) is 464 Å². The molecule has 606 valence electrons. The Kier molecular flexibility index (Phi) is 74.4. The fraction of sp³-hybridized carbons (Fsp3) is 0.952. The molecule has 5 atom stereocenters. The number of hydrogen-bond acceptors (Lipinski definition) is 15. The topological polar surface area (TPSA) is 237 Å². The van der Waals surface area contributed by atoms with Crippen molar-refractivity contribution in [1.29, 1.82) is 0 Å². The maximum atomic E-state index is 13.1. The highest BCUT2D eigenvalue weighted by Crippen LogP contribution is 2.45. The zero-order valence-corrected chi connectivity index (χ0v) is 68.5. The van der Waals surface area contributed by atoms with Gasteiger partial charge in [0.15, 0.2) is 12.2 Å². The van der Waals surface area contributed by atoms with E-state index in [-0.39, 0.29) is 25.7 Å². The SMILES string of the molecule is CCCCCCCCCCCCCCCCCCCCCCCCC(=O)O[C@H](COC(=O)CCCCCCCCCCCCCCCCCCC)COP(=O)(O)OC[C@@H](O)COP(=O)(O)OC[C@@H](COC(=O)CCCCCCCCCCCC)OC(=O)CCCCCCCCCCCCC(C)C. The summed E-state index contributed by atoms with van der Waals surface area (Å²) in [6, 6.07) is 0. The summed E-state index contributed by atoms with van der Waals surface area (Å²) in [5.41, 5.74) is 0. The second-order valence-corrected chi connectivity index (χ2v) is 33.3. The quantitative estimate of drug-likeness (QED) is 0.0222. The van der Waals surface area contributed by atoms with Gasteiger partial charge < -0.3 is 33.8 Å². The average molecular weight is 1490 g/mol. The first-order valence-corrected chi connectivity index (χ1v) is 46.1. The molecule has 0 bridgehead atoms. The number of esters is 4. The molecule has 2 unspecified atom stereocenters. The van der Waals surface area contributed by atoms with E-state index in [1.807, 2.05) is 0 Å². The first-order valence-electron chi connectivity index (χ1n) is 43.1. The molecule has 0 radical (unpaired) electrons. The number of aliphatic hydroxyl groups excluding tert-OH is 1. The Morgan fingerprint density at radius 3 is 0.667 bits per heavy atom. The Hall–Kier alpha value is -1.94. The van der Waals surface area contributed by atoms with Gasteiger partial charge in [0.25, 0.3) is 0 Å². The van der Waals surface area contributed by atoms with E-state index in [1.54, 1.807) is 0 Å². The Balaban J connectivity index is 5.20. The number of carbonyl (C=O) groups excluding carboxylic acids is 4. The highest BCUT2D eigenvalue weighted by molar-refractivity contribution is 7.47. The lowest BCUT2D eigenvalue weighted by Gasteiger charge is -2.21. The number of hydrogen-bond donors (Lipinski definition) is 3. The first kappa shape index (κ1) is 100. The van der Waals surface area contributed by atoms with Gasteiger partial charge in [-0.15, -0.1) is 0 Å². The van der Waals surface area contributed by atoms with Gasteiger partial charge in [0, 0.05) is 25.7 Å². The van der Waals surface area contributed by atoms with Crippen molar-refractivity contribution in [3.8, 4) is 0 Å². The third kappa shape index (κ3) is 76.3. The average Bonchev–Trinajstić information content (AvgIpc) is 1.23. The van der Waals surface area contributed by atoms with Gasteiger partial charge in [-0.2, -0.15) is 0 Å². The molecule has 0 aromatic carbocycles. The molecule has 0 heterocycles. The molecule has 102 heavy (non-hydrogen) atoms. The maximum Gasteiger partial charge on any atom is 0.472 e. The van der Waals surface area contributed by atoms with E-state index in [4.69, 9.17) is 37.0 Å². The standard InChI is InChI=1S/C83H162O17P2/c1-6-9-12-15-18-21-24-26-28-30-31-32-33-34-36-38-40-42-48-53-58-63-68-82(87)99-79(73-94-81(86)67-62-57-52-47-41-39-37-35-29-27-25-22-19-16-13-10-7-2)75-98-102(91,92)96-71-77(84)70-95-101(89,90)97-74-78(72-93-80(85)66-61-56-51-46-23-20-17-14-11-8-3)100-83(88)69-64-59-54-49-44-43-45-50-55-60-65-76(4)5/h76-79,84H,6-75H2,1-5H3,(H,89,90)(H,91,92)/t77-,78+,79+/m0/s1. The number of phosphoric ester groups is 2. The van der Waals surface area contributed by atoms with E-state index in [1.165, 1.54) is 270 Å². The molecule has 0 fully saturated rings. The third-order valence-corrected chi connectivity index (χ3v) is 21.4. The van der Waals surface area contributed by atoms with Crippen molar-refractivity contribution >= 4 is 39.5 Å². The molecule has 17 nitrogen and oxygen atoms in total. The van der Waals surface area contributed by atoms with E-state index in [2.05, 4.69) is 34.6 Å². The second-order valence-electron chi connectivity index (χ2n) is 30.3. The molecule has 0 aliphatic heterocycles. The van der Waals surface area contributed by atoms with E-state index in [9.17, 15) is 43.2 Å². The summed E-state index contributed by atoms with van der Waals surface area (Å²) in [6.45, 7) is 7.32. The highest BCUT2D eigenvalue weighted by Gasteiger charge is 2.30. The van der Waals surface area contributed by atoms with Crippen molar-refractivity contribution < 1.29 is 80.2 Å². The zero-order chi connectivity index (χ0) is 74.8. The van der Waals surface area contributed by atoms with Gasteiger partial charge in [0.1, 0.15) is 19.3 Å². The lowest BCUT2D eigenvalue weighted by atomic mass is 10.0. The van der Waals surface area contributed by atoms with Crippen molar-refractivity contribution in [3.05, 3.63) is 0 Å². The number of aliphatic hydroxyl groups is 1. The van der Waals surface area contributed by atoms with Crippen LogP contribution in [0.2, 0.25) is 0 Å². The largest absolute Gasteiger partial charge is 0.472 e. The van der Waals surface area contributed by atoms with E-state index < -0.39 is 97.5 Å². The van der Waals surface area contributed by atoms with Crippen molar-refractivity contribution in [2.75, 3.05) is 39.6 Å². The van der Waals surface area contributed by atoms with Crippen LogP contribution in [0, 0.1) is 5.92 Å². The normalized spacial score (nSPS) is 13.8. The monoisotopic (exact) mass is 1490 g/mol. The molecular weight excluding hydrogens is 1330 g/mol. The van der Waals surface area contributed by atoms with Crippen LogP contribution in [0.25, 0.3) is 0 Å². The van der Waals surface area contributed by atoms with Gasteiger partial charge in [-0.25, -0.2) is 9.13 Å². The Bertz CT molecular complexity index is 1940. The predicted molar refractivity (Wildman–Crippen MR) is 418 cm³/mol. The summed E-state index contributed by atoms with van der Waals surface area (Å²) in [5, 5.41) is 10.6. The summed E-state index contributed by atoms with van der Waals surface area (Å²) in [4.78, 5) is 73.0. The lowest BCUT2D eigenvalue weighted by molar-refractivity contribution is -0.161. The van der Waals surface area contributed by atoms with Crippen LogP contribution in [-0.2, 0) is 65.4 Å². The predicted octanol–water partition coefficient (Wildman–Crippen LogP) is 25.2. The van der Waals surface area contributed by atoms with E-state index in [0.717, 1.165) is 95.8 Å². The molecule has 0 aliphatic carbocycles. The summed E-state index contributed by atoms with van der Waals surface area (Å²) in [5.74, 6) is -1.35. The second kappa shape index (κ2) is 75.9. The molecule has 0 aliphatic rings. The maximum absolute atomic E-state index is 13.1. The molecule has 0 spiro atoms. The summed E-state index contributed by atoms with van der Waals surface area (Å²) < 4.78 is 68.7. The fourth-order valence-corrected chi connectivity index (χ4v) is 14.5. The molecule has 19 heteroatoms. The molecule has 3 N–H and O–H groups in total. The first-order chi connectivity index (χ1) is 49.5. The third-order valence-electron chi connectivity index (χ3n) is 19.5. The number of rotatable bonds is 83. The van der Waals surface area contributed by atoms with Crippen LogP contribution in [0.4, 0.5) is 0 Å². The van der Waals surface area contributed by atoms with Crippen LogP contribution in [-0.4, -0.2) is 96.7 Å². The van der Waals surface area contributed by atoms with Crippen LogP contribution in [0.5, 0.6) is 0 Å². The van der Waals surface area contributed by atoms with Gasteiger partial charge in [0.2, 0.25) is 0 Å². The van der Waals surface area contributed by atoms with Crippen LogP contribution >= 0.6 is 15.6 Å². The van der Waals surface area contributed by atoms with Crippen molar-refractivity contribution in [1.82, 2.24) is 0 Å². The van der Waals surface area contributed by atoms with Gasteiger partial charge in [-0.3, -0.25) is 37.3 Å². The molecule has 0 aromatic heterocycles. The van der Waals surface area contributed by atoms with Crippen molar-refractivity contribution in [2.24, 2.45) is 5.92 Å². The van der Waals surface area contributed by atoms with Crippen LogP contribution in [0.15, 0.2) is 0 Å². The summed E-state index contributed by atoms with van der Waals surface area (Å²) >= 11 is 0. The van der Waals surface area contributed by atoms with Gasteiger partial charge in [-0.05, 0) is 31.6 Å². The number of unbranched alkanes of at least 4 members (excludes halogenated alkanes) is 55. The number of carbonyl (C=O) groups is 4. The fourth-order valence-electron chi connectivity index (χ4n) is 12.9. The van der Waals surface area contributed by atoms with Crippen LogP contribution in [0.1, 0.15) is 446 Å². The molecular formula is C83H162O17P2. The van der Waals surface area contributed by atoms with Gasteiger partial charge in [0.05, 0.1) is 26.4 Å². The minimum Gasteiger partial charge on any atom is -0.462 e. The summed E-state index contributed by atoms with van der Waals surface area (Å²) in [7, 11) is -9.92. The lowest BCUT2D eigenvalue weighted by Crippen LogP contribution is -2.30. The minimum atomic E-state index is -4.96.